The first-order valence-electron chi connectivity index (χ1n) is 10.7. The van der Waals surface area contributed by atoms with Crippen LogP contribution in [0, 0.1) is 0 Å². The largest absolute Gasteiger partial charge is 0.497 e. The summed E-state index contributed by atoms with van der Waals surface area (Å²) < 4.78 is 32.7. The molecule has 1 amide bonds. The Morgan fingerprint density at radius 2 is 1.81 bits per heavy atom. The lowest BCUT2D eigenvalue weighted by atomic mass is 10.2. The summed E-state index contributed by atoms with van der Waals surface area (Å²) in [4.78, 5) is 15.5. The van der Waals surface area contributed by atoms with E-state index < -0.39 is 16.1 Å². The van der Waals surface area contributed by atoms with Crippen LogP contribution < -0.4 is 10.1 Å². The number of amides is 1. The fourth-order valence-corrected chi connectivity index (χ4v) is 6.06. The van der Waals surface area contributed by atoms with Crippen LogP contribution in [0.4, 0.5) is 0 Å². The Morgan fingerprint density at radius 1 is 1.06 bits per heavy atom. The van der Waals surface area contributed by atoms with E-state index in [4.69, 9.17) is 4.74 Å². The average molecular weight is 444 g/mol. The number of nitrogens with one attached hydrogen (secondary N) is 1. The monoisotopic (exact) mass is 443 g/mol. The van der Waals surface area contributed by atoms with Gasteiger partial charge in [-0.25, -0.2) is 8.42 Å². The molecule has 2 fully saturated rings. The maximum atomic E-state index is 13.1. The molecule has 4 rings (SSSR count). The van der Waals surface area contributed by atoms with Crippen molar-refractivity contribution >= 4 is 15.9 Å². The second-order valence-electron chi connectivity index (χ2n) is 8.16. The average Bonchev–Trinajstić information content (AvgIpc) is 3.45. The molecule has 2 aliphatic rings. The lowest BCUT2D eigenvalue weighted by Crippen LogP contribution is -2.49. The van der Waals surface area contributed by atoms with Gasteiger partial charge < -0.3 is 10.1 Å². The summed E-state index contributed by atoms with van der Waals surface area (Å²) in [5, 5.41) is 3.10. The van der Waals surface area contributed by atoms with Crippen molar-refractivity contribution in [2.24, 2.45) is 0 Å². The molecule has 7 nitrogen and oxygen atoms in total. The molecule has 0 saturated carbocycles. The molecule has 0 aromatic heterocycles. The van der Waals surface area contributed by atoms with Crippen LogP contribution in [-0.2, 0) is 21.4 Å². The number of ether oxygens (including phenoxy) is 1. The number of rotatable bonds is 7. The minimum Gasteiger partial charge on any atom is -0.497 e. The number of hydrogen-bond donors (Lipinski definition) is 1. The number of carbonyl (C=O) groups excluding carboxylic acids is 1. The number of nitrogens with zero attached hydrogens (tertiary/aromatic N) is 2. The summed E-state index contributed by atoms with van der Waals surface area (Å²) >= 11 is 0. The van der Waals surface area contributed by atoms with Crippen molar-refractivity contribution in [2.75, 3.05) is 26.7 Å². The molecule has 2 aromatic rings. The van der Waals surface area contributed by atoms with Crippen LogP contribution in [-0.4, -0.2) is 62.4 Å². The van der Waals surface area contributed by atoms with Crippen molar-refractivity contribution in [3.63, 3.8) is 0 Å². The molecule has 2 heterocycles. The zero-order valence-electron chi connectivity index (χ0n) is 17.7. The van der Waals surface area contributed by atoms with Gasteiger partial charge in [0.2, 0.25) is 15.9 Å². The fraction of sp³-hybridized carbons (Fsp3) is 0.435. The van der Waals surface area contributed by atoms with Crippen molar-refractivity contribution in [1.82, 2.24) is 14.5 Å². The number of hydrogen-bond acceptors (Lipinski definition) is 5. The zero-order chi connectivity index (χ0) is 21.8. The SMILES string of the molecule is COc1ccc(S(=O)(=O)N2CCC[C@@H]2C(=O)N[C@H]2CCN(Cc3ccccc3)C2)cc1. The van der Waals surface area contributed by atoms with Crippen molar-refractivity contribution in [2.45, 2.75) is 42.8 Å². The van der Waals surface area contributed by atoms with Gasteiger partial charge in [0.25, 0.3) is 0 Å². The molecule has 2 atom stereocenters. The summed E-state index contributed by atoms with van der Waals surface area (Å²) in [6, 6.07) is 16.0. The van der Waals surface area contributed by atoms with Crippen LogP contribution in [0.15, 0.2) is 59.5 Å². The number of methoxy groups -OCH3 is 1. The van der Waals surface area contributed by atoms with E-state index in [2.05, 4.69) is 22.3 Å². The van der Waals surface area contributed by atoms with E-state index in [1.54, 1.807) is 12.1 Å². The molecule has 31 heavy (non-hydrogen) atoms. The van der Waals surface area contributed by atoms with Crippen LogP contribution >= 0.6 is 0 Å². The molecule has 8 heteroatoms. The fourth-order valence-electron chi connectivity index (χ4n) is 4.41. The van der Waals surface area contributed by atoms with E-state index in [1.807, 2.05) is 18.2 Å². The van der Waals surface area contributed by atoms with Gasteiger partial charge in [0.1, 0.15) is 11.8 Å². The third-order valence-electron chi connectivity index (χ3n) is 6.04. The van der Waals surface area contributed by atoms with Crippen molar-refractivity contribution in [3.8, 4) is 5.75 Å². The van der Waals surface area contributed by atoms with Crippen LogP contribution in [0.3, 0.4) is 0 Å². The van der Waals surface area contributed by atoms with Gasteiger partial charge in [0.15, 0.2) is 0 Å². The molecule has 166 valence electrons. The molecule has 2 aromatic carbocycles. The Kier molecular flexibility index (Phi) is 6.60. The number of benzene rings is 2. The highest BCUT2D eigenvalue weighted by Crippen LogP contribution is 2.27. The smallest absolute Gasteiger partial charge is 0.243 e. The van der Waals surface area contributed by atoms with E-state index in [0.717, 1.165) is 26.1 Å². The predicted octanol–water partition coefficient (Wildman–Crippen LogP) is 2.24. The van der Waals surface area contributed by atoms with E-state index >= 15 is 0 Å². The first-order chi connectivity index (χ1) is 15.0. The molecule has 2 aliphatic heterocycles. The lowest BCUT2D eigenvalue weighted by Gasteiger charge is -2.25. The van der Waals surface area contributed by atoms with Gasteiger partial charge in [-0.15, -0.1) is 0 Å². The van der Waals surface area contributed by atoms with Crippen LogP contribution in [0.25, 0.3) is 0 Å². The molecule has 2 saturated heterocycles. The standard InChI is InChI=1S/C23H29N3O4S/c1-30-20-9-11-21(12-10-20)31(28,29)26-14-5-8-22(26)23(27)24-19-13-15-25(17-19)16-18-6-3-2-4-7-18/h2-4,6-7,9-12,19,22H,5,8,13-17H2,1H3,(H,24,27)/t19-,22+/m0/s1. The Morgan fingerprint density at radius 3 is 2.52 bits per heavy atom. The summed E-state index contributed by atoms with van der Waals surface area (Å²) in [6.45, 7) is 2.91. The van der Waals surface area contributed by atoms with Gasteiger partial charge in [-0.1, -0.05) is 30.3 Å². The summed E-state index contributed by atoms with van der Waals surface area (Å²) in [6.07, 6.45) is 2.09. The van der Waals surface area contributed by atoms with E-state index in [-0.39, 0.29) is 16.8 Å². The maximum Gasteiger partial charge on any atom is 0.243 e. The second kappa shape index (κ2) is 9.38. The van der Waals surface area contributed by atoms with Gasteiger partial charge in [-0.05, 0) is 49.1 Å². The van der Waals surface area contributed by atoms with Gasteiger partial charge in [-0.2, -0.15) is 4.31 Å². The van der Waals surface area contributed by atoms with Gasteiger partial charge >= 0.3 is 0 Å². The zero-order valence-corrected chi connectivity index (χ0v) is 18.6. The van der Waals surface area contributed by atoms with Crippen LogP contribution in [0.1, 0.15) is 24.8 Å². The highest BCUT2D eigenvalue weighted by Gasteiger charge is 2.40. The number of likely N-dealkylation sites (tertiary alicyclic amines) is 1. The second-order valence-corrected chi connectivity index (χ2v) is 10.1. The van der Waals surface area contributed by atoms with E-state index in [1.165, 1.54) is 29.1 Å². The Labute approximate surface area is 184 Å². The highest BCUT2D eigenvalue weighted by atomic mass is 32.2. The topological polar surface area (TPSA) is 79.0 Å². The molecule has 1 N–H and O–H groups in total. The Hall–Kier alpha value is -2.42. The number of carbonyl (C=O) groups is 1. The quantitative estimate of drug-likeness (QED) is 0.710. The van der Waals surface area contributed by atoms with Crippen molar-refractivity contribution in [1.29, 1.82) is 0 Å². The summed E-state index contributed by atoms with van der Waals surface area (Å²) in [5.74, 6) is 0.400. The van der Waals surface area contributed by atoms with Gasteiger partial charge in [0, 0.05) is 32.2 Å². The molecule has 0 bridgehead atoms. The molecule has 0 spiro atoms. The normalized spacial score (nSPS) is 22.5. The summed E-state index contributed by atoms with van der Waals surface area (Å²) in [7, 11) is -2.20. The predicted molar refractivity (Wildman–Crippen MR) is 118 cm³/mol. The minimum absolute atomic E-state index is 0.0438. The van der Waals surface area contributed by atoms with Gasteiger partial charge in [-0.3, -0.25) is 9.69 Å². The molecular formula is C23H29N3O4S. The van der Waals surface area contributed by atoms with Crippen LogP contribution in [0.2, 0.25) is 0 Å². The highest BCUT2D eigenvalue weighted by molar-refractivity contribution is 7.89. The van der Waals surface area contributed by atoms with Gasteiger partial charge in [0.05, 0.1) is 12.0 Å². The lowest BCUT2D eigenvalue weighted by molar-refractivity contribution is -0.124. The first kappa shape index (κ1) is 21.8. The first-order valence-corrected chi connectivity index (χ1v) is 12.1. The summed E-state index contributed by atoms with van der Waals surface area (Å²) in [5.41, 5.74) is 1.25. The van der Waals surface area contributed by atoms with Crippen molar-refractivity contribution < 1.29 is 17.9 Å². The molecule has 0 aliphatic carbocycles. The third-order valence-corrected chi connectivity index (χ3v) is 7.96. The van der Waals surface area contributed by atoms with Crippen LogP contribution in [0.5, 0.6) is 5.75 Å². The molecule has 0 radical (unpaired) electrons. The molecule has 0 unspecified atom stereocenters. The van der Waals surface area contributed by atoms with E-state index in [9.17, 15) is 13.2 Å². The Bertz CT molecular complexity index is 995. The minimum atomic E-state index is -3.74. The van der Waals surface area contributed by atoms with E-state index in [0.29, 0.717) is 25.1 Å². The maximum absolute atomic E-state index is 13.1. The Balaban J connectivity index is 1.37. The van der Waals surface area contributed by atoms with Crippen molar-refractivity contribution in [3.05, 3.63) is 60.2 Å². The third kappa shape index (κ3) is 4.92. The molecular weight excluding hydrogens is 414 g/mol. The number of sulfonamides is 1.